The summed E-state index contributed by atoms with van der Waals surface area (Å²) in [4.78, 5) is 12.3. The molecule has 1 aromatic heterocycles. The highest BCUT2D eigenvalue weighted by Crippen LogP contribution is 2.22. The van der Waals surface area contributed by atoms with Crippen LogP contribution < -0.4 is 18.9 Å². The monoisotopic (exact) mass is 325 g/mol. The van der Waals surface area contributed by atoms with Crippen molar-refractivity contribution in [2.24, 2.45) is 0 Å². The Morgan fingerprint density at radius 2 is 1.79 bits per heavy atom. The van der Waals surface area contributed by atoms with Gasteiger partial charge in [-0.15, -0.1) is 4.73 Å². The number of hydrogen-bond donors (Lipinski definition) is 0. The molecule has 1 heterocycles. The fraction of sp³-hybridized carbons (Fsp3) is 0.111. The number of rotatable bonds is 4. The van der Waals surface area contributed by atoms with Crippen LogP contribution in [-0.4, -0.2) is 20.2 Å². The third-order valence-electron chi connectivity index (χ3n) is 3.58. The lowest BCUT2D eigenvalue weighted by molar-refractivity contribution is -0.582. The average molecular weight is 325 g/mol. The number of carbonyl (C=O) groups is 1. The van der Waals surface area contributed by atoms with E-state index in [9.17, 15) is 10.0 Å². The molecule has 0 spiro atoms. The topological polar surface area (TPSA) is 71.7 Å². The molecule has 0 amide bonds. The van der Waals surface area contributed by atoms with Crippen LogP contribution >= 0.6 is 0 Å². The summed E-state index contributed by atoms with van der Waals surface area (Å²) >= 11 is 0. The van der Waals surface area contributed by atoms with Gasteiger partial charge < -0.3 is 19.4 Å². The van der Waals surface area contributed by atoms with Gasteiger partial charge in [-0.3, -0.25) is 0 Å². The molecule has 0 radical (unpaired) electrons. The van der Waals surface area contributed by atoms with Crippen LogP contribution in [0.15, 0.2) is 54.6 Å². The maximum Gasteiger partial charge on any atom is 0.387 e. The number of carbonyl (C=O) groups excluding carboxylic acids is 1. The van der Waals surface area contributed by atoms with Crippen molar-refractivity contribution < 1.29 is 23.7 Å². The number of methoxy groups -OCH3 is 2. The summed E-state index contributed by atoms with van der Waals surface area (Å²) in [7, 11) is 3.01. The lowest BCUT2D eigenvalue weighted by atomic mass is 10.2. The second-order valence-electron chi connectivity index (χ2n) is 4.98. The third-order valence-corrected chi connectivity index (χ3v) is 3.58. The molecule has 2 aromatic carbocycles. The largest absolute Gasteiger partial charge is 0.616 e. The number of nitrogens with zero attached hydrogens (tertiary/aromatic N) is 1. The minimum atomic E-state index is -0.662. The molecule has 0 unspecified atom stereocenters. The van der Waals surface area contributed by atoms with E-state index in [1.165, 1.54) is 13.2 Å². The molecule has 3 rings (SSSR count). The van der Waals surface area contributed by atoms with Crippen LogP contribution in [0.2, 0.25) is 0 Å². The van der Waals surface area contributed by atoms with E-state index in [1.807, 2.05) is 0 Å². The lowest BCUT2D eigenvalue weighted by Crippen LogP contribution is -2.31. The SMILES string of the molecule is COc1ccc2c(ccc(OC(=O)c3ccccc3OC)[n+]2[O-])c1. The molecule has 0 bridgehead atoms. The van der Waals surface area contributed by atoms with Gasteiger partial charge in [-0.1, -0.05) is 12.1 Å². The molecule has 122 valence electrons. The summed E-state index contributed by atoms with van der Waals surface area (Å²) in [6.07, 6.45) is 0. The first-order valence-electron chi connectivity index (χ1n) is 7.19. The third kappa shape index (κ3) is 2.81. The van der Waals surface area contributed by atoms with E-state index in [-0.39, 0.29) is 11.4 Å². The Labute approximate surface area is 138 Å². The van der Waals surface area contributed by atoms with Crippen LogP contribution in [-0.2, 0) is 0 Å². The Balaban J connectivity index is 1.95. The molecule has 0 N–H and O–H groups in total. The Hall–Kier alpha value is -3.28. The highest BCUT2D eigenvalue weighted by atomic mass is 16.6. The Morgan fingerprint density at radius 1 is 1.00 bits per heavy atom. The molecule has 0 saturated carbocycles. The maximum atomic E-state index is 12.4. The van der Waals surface area contributed by atoms with Gasteiger partial charge in [0.15, 0.2) is 0 Å². The molecule has 3 aromatic rings. The Bertz CT molecular complexity index is 907. The van der Waals surface area contributed by atoms with E-state index >= 15 is 0 Å². The summed E-state index contributed by atoms with van der Waals surface area (Å²) < 4.78 is 16.1. The molecule has 6 nitrogen and oxygen atoms in total. The van der Waals surface area contributed by atoms with E-state index in [0.717, 1.165) is 0 Å². The van der Waals surface area contributed by atoms with Gasteiger partial charge in [0.25, 0.3) is 0 Å². The number of aromatic nitrogens is 1. The van der Waals surface area contributed by atoms with Gasteiger partial charge in [0.2, 0.25) is 5.52 Å². The van der Waals surface area contributed by atoms with Gasteiger partial charge in [0.1, 0.15) is 17.1 Å². The van der Waals surface area contributed by atoms with Crippen LogP contribution in [0, 0.1) is 5.21 Å². The van der Waals surface area contributed by atoms with Gasteiger partial charge in [0.05, 0.1) is 25.7 Å². The number of hydrogen-bond acceptors (Lipinski definition) is 5. The number of esters is 1. The minimum Gasteiger partial charge on any atom is -0.616 e. The Morgan fingerprint density at radius 3 is 2.54 bits per heavy atom. The molecule has 0 aliphatic rings. The van der Waals surface area contributed by atoms with Crippen molar-refractivity contribution in [1.29, 1.82) is 0 Å². The van der Waals surface area contributed by atoms with Crippen molar-refractivity contribution in [3.8, 4) is 17.4 Å². The lowest BCUT2D eigenvalue weighted by Gasteiger charge is -2.10. The van der Waals surface area contributed by atoms with Crippen molar-refractivity contribution >= 4 is 16.9 Å². The number of pyridine rings is 1. The number of para-hydroxylation sites is 1. The van der Waals surface area contributed by atoms with Gasteiger partial charge in [0, 0.05) is 6.07 Å². The summed E-state index contributed by atoms with van der Waals surface area (Å²) in [5, 5.41) is 13.1. The summed E-state index contributed by atoms with van der Waals surface area (Å²) in [6, 6.07) is 14.8. The van der Waals surface area contributed by atoms with E-state index in [2.05, 4.69) is 0 Å². The summed E-state index contributed by atoms with van der Waals surface area (Å²) in [5.74, 6) is 0.250. The molecular weight excluding hydrogens is 310 g/mol. The fourth-order valence-electron chi connectivity index (χ4n) is 2.36. The molecule has 24 heavy (non-hydrogen) atoms. The first-order valence-corrected chi connectivity index (χ1v) is 7.19. The highest BCUT2D eigenvalue weighted by molar-refractivity contribution is 5.93. The van der Waals surface area contributed by atoms with Crippen molar-refractivity contribution in [3.05, 3.63) is 65.4 Å². The van der Waals surface area contributed by atoms with Crippen LogP contribution in [0.4, 0.5) is 0 Å². The fourth-order valence-corrected chi connectivity index (χ4v) is 2.36. The molecule has 6 heteroatoms. The summed E-state index contributed by atoms with van der Waals surface area (Å²) in [5.41, 5.74) is 0.621. The van der Waals surface area contributed by atoms with Crippen LogP contribution in [0.5, 0.6) is 17.4 Å². The zero-order chi connectivity index (χ0) is 17.1. The van der Waals surface area contributed by atoms with Crippen LogP contribution in [0.3, 0.4) is 0 Å². The zero-order valence-electron chi connectivity index (χ0n) is 13.2. The Kier molecular flexibility index (Phi) is 4.20. The second kappa shape index (κ2) is 6.45. The normalized spacial score (nSPS) is 10.4. The molecule has 0 atom stereocenters. The van der Waals surface area contributed by atoms with Crippen molar-refractivity contribution in [3.63, 3.8) is 0 Å². The van der Waals surface area contributed by atoms with Crippen LogP contribution in [0.1, 0.15) is 10.4 Å². The van der Waals surface area contributed by atoms with Gasteiger partial charge in [-0.2, -0.15) is 0 Å². The van der Waals surface area contributed by atoms with Gasteiger partial charge in [-0.25, -0.2) is 4.79 Å². The van der Waals surface area contributed by atoms with E-state index < -0.39 is 5.97 Å². The molecule has 0 saturated heterocycles. The van der Waals surface area contributed by atoms with Crippen LogP contribution in [0.25, 0.3) is 10.9 Å². The number of ether oxygens (including phenoxy) is 3. The number of benzene rings is 2. The molecular formula is C18H15NO5. The molecule has 0 fully saturated rings. The highest BCUT2D eigenvalue weighted by Gasteiger charge is 2.19. The maximum absolute atomic E-state index is 12.4. The second-order valence-corrected chi connectivity index (χ2v) is 4.98. The van der Waals surface area contributed by atoms with E-state index in [0.29, 0.717) is 27.1 Å². The van der Waals surface area contributed by atoms with E-state index in [1.54, 1.807) is 55.6 Å². The number of fused-ring (bicyclic) bond motifs is 1. The van der Waals surface area contributed by atoms with Gasteiger partial charge in [-0.05, 0) is 30.3 Å². The standard InChI is InChI=1S/C18H15NO5/c1-22-13-8-9-15-12(11-13)7-10-17(19(15)21)24-18(20)14-5-3-4-6-16(14)23-2/h3-11H,1-2H3. The zero-order valence-corrected chi connectivity index (χ0v) is 13.2. The smallest absolute Gasteiger partial charge is 0.387 e. The van der Waals surface area contributed by atoms with Gasteiger partial charge >= 0.3 is 11.8 Å². The first-order chi connectivity index (χ1) is 11.6. The first kappa shape index (κ1) is 15.6. The average Bonchev–Trinajstić information content (AvgIpc) is 2.63. The van der Waals surface area contributed by atoms with Crippen molar-refractivity contribution in [1.82, 2.24) is 0 Å². The van der Waals surface area contributed by atoms with Crippen molar-refractivity contribution in [2.75, 3.05) is 14.2 Å². The predicted molar refractivity (Wildman–Crippen MR) is 87.4 cm³/mol. The molecule has 0 aliphatic heterocycles. The summed E-state index contributed by atoms with van der Waals surface area (Å²) in [6.45, 7) is 0. The quantitative estimate of drug-likeness (QED) is 0.419. The molecule has 0 aliphatic carbocycles. The predicted octanol–water partition coefficient (Wildman–Crippen LogP) is 2.71. The van der Waals surface area contributed by atoms with Crippen molar-refractivity contribution in [2.45, 2.75) is 0 Å². The van der Waals surface area contributed by atoms with E-state index in [4.69, 9.17) is 14.2 Å². The minimum absolute atomic E-state index is 0.108.